The Morgan fingerprint density at radius 2 is 1.83 bits per heavy atom. The van der Waals surface area contributed by atoms with Crippen molar-refractivity contribution in [1.29, 1.82) is 0 Å². The summed E-state index contributed by atoms with van der Waals surface area (Å²) in [7, 11) is 7.77. The fourth-order valence-electron chi connectivity index (χ4n) is 6.77. The molecule has 0 unspecified atom stereocenters. The SMILES string of the molecule is COCc1c(CCCO)c2ccc(Cl)c(-c3c(CSCc4cc(CSc5cc(O)c6c(c5)CCC6)n(C)n4)nn(C)c3C)c2n1C. The van der Waals surface area contributed by atoms with E-state index < -0.39 is 0 Å². The summed E-state index contributed by atoms with van der Waals surface area (Å²) in [6, 6.07) is 10.4. The van der Waals surface area contributed by atoms with Crippen molar-refractivity contribution in [3.8, 4) is 16.9 Å². The van der Waals surface area contributed by atoms with E-state index in [9.17, 15) is 10.2 Å². The molecule has 3 heterocycles. The summed E-state index contributed by atoms with van der Waals surface area (Å²) >= 11 is 10.5. The zero-order chi connectivity index (χ0) is 32.5. The Balaban J connectivity index is 1.22. The molecule has 1 aliphatic carbocycles. The molecule has 1 aliphatic rings. The summed E-state index contributed by atoms with van der Waals surface area (Å²) in [4.78, 5) is 1.11. The van der Waals surface area contributed by atoms with E-state index in [1.54, 1.807) is 30.6 Å². The van der Waals surface area contributed by atoms with E-state index in [1.807, 2.05) is 35.6 Å². The first-order valence-corrected chi connectivity index (χ1v) is 18.2. The maximum Gasteiger partial charge on any atom is 0.120 e. The van der Waals surface area contributed by atoms with Crippen LogP contribution in [0.15, 0.2) is 35.2 Å². The van der Waals surface area contributed by atoms with Crippen LogP contribution in [0.2, 0.25) is 5.02 Å². The molecule has 0 amide bonds. The number of rotatable bonds is 13. The van der Waals surface area contributed by atoms with Crippen LogP contribution < -0.4 is 0 Å². The van der Waals surface area contributed by atoms with Crippen molar-refractivity contribution in [2.24, 2.45) is 21.1 Å². The maximum atomic E-state index is 10.5. The number of aromatic hydroxyl groups is 1. The average molecular weight is 680 g/mol. The first-order chi connectivity index (χ1) is 22.2. The van der Waals surface area contributed by atoms with Crippen molar-refractivity contribution in [3.63, 3.8) is 0 Å². The van der Waals surface area contributed by atoms with E-state index in [2.05, 4.69) is 36.7 Å². The van der Waals surface area contributed by atoms with Crippen LogP contribution in [0.4, 0.5) is 0 Å². The normalized spacial score (nSPS) is 12.9. The zero-order valence-corrected chi connectivity index (χ0v) is 29.6. The molecular formula is C35H42ClN5O3S2. The molecule has 244 valence electrons. The van der Waals surface area contributed by atoms with Gasteiger partial charge in [0, 0.05) is 90.6 Å². The second-order valence-electron chi connectivity index (χ2n) is 12.1. The third-order valence-electron chi connectivity index (χ3n) is 9.13. The van der Waals surface area contributed by atoms with E-state index in [-0.39, 0.29) is 6.61 Å². The van der Waals surface area contributed by atoms with E-state index >= 15 is 0 Å². The minimum atomic E-state index is 0.141. The minimum absolute atomic E-state index is 0.141. The van der Waals surface area contributed by atoms with E-state index in [0.29, 0.717) is 29.6 Å². The van der Waals surface area contributed by atoms with Gasteiger partial charge in [-0.25, -0.2) is 0 Å². The van der Waals surface area contributed by atoms with Gasteiger partial charge >= 0.3 is 0 Å². The second-order valence-corrected chi connectivity index (χ2v) is 14.5. The summed E-state index contributed by atoms with van der Waals surface area (Å²) < 4.78 is 11.7. The summed E-state index contributed by atoms with van der Waals surface area (Å²) in [6.07, 6.45) is 4.60. The highest BCUT2D eigenvalue weighted by atomic mass is 35.5. The monoisotopic (exact) mass is 679 g/mol. The standard InChI is InChI=1S/C35H42ClN5O3S2/c1-21-33(34-29(36)12-11-28-27(10-7-13-42)31(17-44-5)39(2)35(28)34)30(38-40(21)3)20-45-18-23-15-24(41(4)37-23)19-46-25-14-22-8-6-9-26(22)32(43)16-25/h11-12,14-16,42-43H,6-10,13,17-20H2,1-5H3. The van der Waals surface area contributed by atoms with Crippen LogP contribution in [0.5, 0.6) is 5.75 Å². The lowest BCUT2D eigenvalue weighted by Gasteiger charge is -2.12. The fraction of sp³-hybridized carbons (Fsp3) is 0.429. The third-order valence-corrected chi connectivity index (χ3v) is 11.4. The quantitative estimate of drug-likeness (QED) is 0.127. The number of phenolic OH excluding ortho intramolecular Hbond substituents is 1. The predicted molar refractivity (Wildman–Crippen MR) is 189 cm³/mol. The van der Waals surface area contributed by atoms with Gasteiger partial charge in [-0.1, -0.05) is 17.7 Å². The molecule has 0 spiro atoms. The number of hydrogen-bond acceptors (Lipinski definition) is 7. The molecule has 2 N–H and O–H groups in total. The molecule has 0 saturated carbocycles. The zero-order valence-electron chi connectivity index (χ0n) is 27.2. The third kappa shape index (κ3) is 6.34. The lowest BCUT2D eigenvalue weighted by molar-refractivity contribution is 0.178. The van der Waals surface area contributed by atoms with Gasteiger partial charge in [0.25, 0.3) is 0 Å². The number of phenols is 1. The summed E-state index contributed by atoms with van der Waals surface area (Å²) in [5.74, 6) is 2.70. The molecular weight excluding hydrogens is 638 g/mol. The number of fused-ring (bicyclic) bond motifs is 2. The van der Waals surface area contributed by atoms with Gasteiger partial charge in [-0.2, -0.15) is 10.2 Å². The number of nitrogens with zero attached hydrogens (tertiary/aromatic N) is 5. The van der Waals surface area contributed by atoms with Gasteiger partial charge in [0.1, 0.15) is 5.75 Å². The van der Waals surface area contributed by atoms with Crippen molar-refractivity contribution < 1.29 is 14.9 Å². The first kappa shape index (κ1) is 33.0. The van der Waals surface area contributed by atoms with Crippen LogP contribution in [0, 0.1) is 6.92 Å². The molecule has 0 fully saturated rings. The molecule has 8 nitrogen and oxygen atoms in total. The van der Waals surface area contributed by atoms with Crippen molar-refractivity contribution in [2.45, 2.75) is 67.8 Å². The van der Waals surface area contributed by atoms with Gasteiger partial charge in [-0.05, 0) is 80.0 Å². The van der Waals surface area contributed by atoms with E-state index in [0.717, 1.165) is 98.1 Å². The highest BCUT2D eigenvalue weighted by Gasteiger charge is 2.25. The first-order valence-electron chi connectivity index (χ1n) is 15.7. The Morgan fingerprint density at radius 3 is 2.61 bits per heavy atom. The number of methoxy groups -OCH3 is 1. The van der Waals surface area contributed by atoms with Crippen molar-refractivity contribution in [3.05, 3.63) is 80.5 Å². The van der Waals surface area contributed by atoms with Crippen molar-refractivity contribution in [2.75, 3.05) is 13.7 Å². The number of aliphatic hydroxyl groups excluding tert-OH is 1. The van der Waals surface area contributed by atoms with Crippen LogP contribution in [0.25, 0.3) is 22.0 Å². The Labute approximate surface area is 284 Å². The molecule has 0 saturated heterocycles. The van der Waals surface area contributed by atoms with Gasteiger partial charge in [0.2, 0.25) is 0 Å². The molecule has 46 heavy (non-hydrogen) atoms. The van der Waals surface area contributed by atoms with Crippen LogP contribution in [0.3, 0.4) is 0 Å². The number of halogens is 1. The Hall–Kier alpha value is -2.89. The number of aryl methyl sites for hydroxylation is 5. The molecule has 0 bridgehead atoms. The molecule has 0 radical (unpaired) electrons. The molecule has 6 rings (SSSR count). The van der Waals surface area contributed by atoms with Crippen LogP contribution in [0.1, 0.15) is 58.0 Å². The highest BCUT2D eigenvalue weighted by Crippen LogP contribution is 2.43. The van der Waals surface area contributed by atoms with Crippen LogP contribution >= 0.6 is 35.1 Å². The summed E-state index contributed by atoms with van der Waals surface area (Å²) in [5.41, 5.74) is 12.1. The van der Waals surface area contributed by atoms with Gasteiger partial charge < -0.3 is 19.5 Å². The lowest BCUT2D eigenvalue weighted by Crippen LogP contribution is -2.02. The average Bonchev–Trinajstić information content (AvgIpc) is 3.78. The second kappa shape index (κ2) is 14.1. The number of ether oxygens (including phenoxy) is 1. The van der Waals surface area contributed by atoms with Crippen LogP contribution in [-0.2, 0) is 69.0 Å². The molecule has 11 heteroatoms. The van der Waals surface area contributed by atoms with Gasteiger partial charge in [0.05, 0.1) is 28.5 Å². The van der Waals surface area contributed by atoms with E-state index in [4.69, 9.17) is 26.5 Å². The van der Waals surface area contributed by atoms with Gasteiger partial charge in [0.15, 0.2) is 0 Å². The number of aliphatic hydroxyl groups is 1. The molecule has 2 aromatic carbocycles. The topological polar surface area (TPSA) is 90.3 Å². The molecule has 3 aromatic heterocycles. The lowest BCUT2D eigenvalue weighted by atomic mass is 9.98. The van der Waals surface area contributed by atoms with Gasteiger partial charge in [-0.15, -0.1) is 23.5 Å². The fourth-order valence-corrected chi connectivity index (χ4v) is 8.87. The summed E-state index contributed by atoms with van der Waals surface area (Å²) in [5, 5.41) is 31.6. The van der Waals surface area contributed by atoms with Gasteiger partial charge in [-0.3, -0.25) is 9.36 Å². The maximum absolute atomic E-state index is 10.5. The number of aromatic nitrogens is 5. The van der Waals surface area contributed by atoms with Crippen LogP contribution in [-0.4, -0.2) is 48.1 Å². The molecule has 0 atom stereocenters. The molecule has 5 aromatic rings. The van der Waals surface area contributed by atoms with Crippen molar-refractivity contribution >= 4 is 46.0 Å². The smallest absolute Gasteiger partial charge is 0.120 e. The number of benzene rings is 2. The Kier molecular flexibility index (Phi) is 10.1. The van der Waals surface area contributed by atoms with Crippen molar-refractivity contribution in [1.82, 2.24) is 24.1 Å². The number of hydrogen-bond donors (Lipinski definition) is 2. The predicted octanol–water partition coefficient (Wildman–Crippen LogP) is 7.27. The largest absolute Gasteiger partial charge is 0.508 e. The Bertz CT molecular complexity index is 1890. The molecule has 0 aliphatic heterocycles. The summed E-state index contributed by atoms with van der Waals surface area (Å²) in [6.45, 7) is 2.72. The minimum Gasteiger partial charge on any atom is -0.508 e. The Morgan fingerprint density at radius 1 is 1.00 bits per heavy atom. The highest BCUT2D eigenvalue weighted by molar-refractivity contribution is 7.98. The van der Waals surface area contributed by atoms with E-state index in [1.165, 1.54) is 11.1 Å². The number of thioether (sulfide) groups is 2.